The second-order valence-corrected chi connectivity index (χ2v) is 21.3. The molecule has 12 heteroatoms. The Bertz CT molecular complexity index is 1570. The fraction of sp³-hybridized carbons (Fsp3) is 0.785. The second-order valence-electron chi connectivity index (χ2n) is 21.3. The van der Waals surface area contributed by atoms with Gasteiger partial charge in [-0.2, -0.15) is 0 Å². The van der Waals surface area contributed by atoms with Crippen molar-refractivity contribution in [1.29, 1.82) is 0 Å². The van der Waals surface area contributed by atoms with Crippen LogP contribution in [0, 0.1) is 0 Å². The first kappa shape index (κ1) is 71.4. The van der Waals surface area contributed by atoms with Crippen molar-refractivity contribution in [3.8, 4) is 0 Å². The molecule has 6 atom stereocenters. The molecular formula is C65H112O12. The molecule has 444 valence electrons. The number of aliphatic hydroxyl groups excluding tert-OH is 2. The maximum absolute atomic E-state index is 13.2. The number of carbonyl (C=O) groups excluding carboxylic acids is 3. The van der Waals surface area contributed by atoms with Gasteiger partial charge in [0.2, 0.25) is 0 Å². The first-order chi connectivity index (χ1) is 37.6. The van der Waals surface area contributed by atoms with Gasteiger partial charge >= 0.3 is 23.9 Å². The quantitative estimate of drug-likeness (QED) is 0.0228. The lowest BCUT2D eigenvalue weighted by Gasteiger charge is -2.40. The third kappa shape index (κ3) is 43.0. The average molecular weight is 1090 g/mol. The molecule has 1 aliphatic rings. The number of allylic oxidation sites excluding steroid dienone is 10. The molecule has 1 fully saturated rings. The summed E-state index contributed by atoms with van der Waals surface area (Å²) in [6.07, 6.45) is 53.3. The molecule has 12 nitrogen and oxygen atoms in total. The Kier molecular flexibility index (Phi) is 49.2. The first-order valence-electron chi connectivity index (χ1n) is 31.3. The van der Waals surface area contributed by atoms with Crippen molar-refractivity contribution in [1.82, 2.24) is 0 Å². The summed E-state index contributed by atoms with van der Waals surface area (Å²) in [5.74, 6) is -3.14. The summed E-state index contributed by atoms with van der Waals surface area (Å²) in [6, 6.07) is 0. The molecule has 1 rings (SSSR count). The SMILES string of the molecule is CC/C=C\C/C=C\C/C=C\CCCCCCCC(=O)OC(COC(=O)CCCCCCCCCCCCCCCCCCCCC)COC1OC(C(=O)O)C(O)C(O)C1OC(=O)CCCCCCC/C=C\C/C=C\CCC. The molecule has 77 heavy (non-hydrogen) atoms. The highest BCUT2D eigenvalue weighted by Crippen LogP contribution is 2.27. The summed E-state index contributed by atoms with van der Waals surface area (Å²) in [4.78, 5) is 51.2. The van der Waals surface area contributed by atoms with Gasteiger partial charge in [0, 0.05) is 19.3 Å². The summed E-state index contributed by atoms with van der Waals surface area (Å²) in [7, 11) is 0. The van der Waals surface area contributed by atoms with Gasteiger partial charge in [-0.3, -0.25) is 14.4 Å². The molecule has 0 aromatic carbocycles. The summed E-state index contributed by atoms with van der Waals surface area (Å²) in [5.41, 5.74) is 0. The Balaban J connectivity index is 2.66. The van der Waals surface area contributed by atoms with Gasteiger partial charge < -0.3 is 39.0 Å². The predicted molar refractivity (Wildman–Crippen MR) is 312 cm³/mol. The summed E-state index contributed by atoms with van der Waals surface area (Å²) < 4.78 is 28.5. The van der Waals surface area contributed by atoms with Crippen LogP contribution in [0.25, 0.3) is 0 Å². The van der Waals surface area contributed by atoms with Crippen LogP contribution in [0.5, 0.6) is 0 Å². The van der Waals surface area contributed by atoms with E-state index in [0.29, 0.717) is 19.3 Å². The van der Waals surface area contributed by atoms with Gasteiger partial charge in [0.1, 0.15) is 18.8 Å². The van der Waals surface area contributed by atoms with Crippen molar-refractivity contribution in [2.45, 2.75) is 314 Å². The van der Waals surface area contributed by atoms with E-state index >= 15 is 0 Å². The van der Waals surface area contributed by atoms with Crippen LogP contribution in [0.2, 0.25) is 0 Å². The van der Waals surface area contributed by atoms with Gasteiger partial charge in [-0.05, 0) is 77.0 Å². The monoisotopic (exact) mass is 1080 g/mol. The van der Waals surface area contributed by atoms with Crippen molar-refractivity contribution in [3.05, 3.63) is 60.8 Å². The van der Waals surface area contributed by atoms with Crippen LogP contribution in [-0.2, 0) is 42.9 Å². The zero-order valence-corrected chi connectivity index (χ0v) is 49.0. The number of carbonyl (C=O) groups is 4. The number of unbranched alkanes of at least 4 members (excludes halogenated alkanes) is 29. The van der Waals surface area contributed by atoms with E-state index in [1.54, 1.807) is 0 Å². The highest BCUT2D eigenvalue weighted by Gasteiger charge is 2.50. The lowest BCUT2D eigenvalue weighted by atomic mass is 9.98. The number of hydrogen-bond donors (Lipinski definition) is 3. The molecular weight excluding hydrogens is 973 g/mol. The Hall–Kier alpha value is -3.58. The van der Waals surface area contributed by atoms with Crippen LogP contribution in [-0.4, -0.2) is 89.2 Å². The first-order valence-corrected chi connectivity index (χ1v) is 31.3. The highest BCUT2D eigenvalue weighted by atomic mass is 16.7. The average Bonchev–Trinajstić information content (AvgIpc) is 3.41. The zero-order valence-electron chi connectivity index (χ0n) is 49.0. The molecule has 0 aromatic heterocycles. The number of carboxylic acids is 1. The van der Waals surface area contributed by atoms with E-state index in [4.69, 9.17) is 23.7 Å². The van der Waals surface area contributed by atoms with Crippen LogP contribution in [0.15, 0.2) is 60.8 Å². The molecule has 6 unspecified atom stereocenters. The fourth-order valence-electron chi connectivity index (χ4n) is 9.30. The maximum atomic E-state index is 13.2. The van der Waals surface area contributed by atoms with Crippen molar-refractivity contribution in [2.75, 3.05) is 13.2 Å². The van der Waals surface area contributed by atoms with E-state index in [-0.39, 0.29) is 25.9 Å². The minimum Gasteiger partial charge on any atom is -0.479 e. The smallest absolute Gasteiger partial charge is 0.335 e. The number of esters is 3. The number of rotatable bonds is 53. The Morgan fingerprint density at radius 1 is 0.442 bits per heavy atom. The highest BCUT2D eigenvalue weighted by molar-refractivity contribution is 5.74. The minimum absolute atomic E-state index is 0.0422. The predicted octanol–water partition coefficient (Wildman–Crippen LogP) is 16.3. The maximum Gasteiger partial charge on any atom is 0.335 e. The molecule has 0 bridgehead atoms. The van der Waals surface area contributed by atoms with Gasteiger partial charge in [0.05, 0.1) is 6.61 Å². The molecule has 0 saturated carbocycles. The van der Waals surface area contributed by atoms with Crippen molar-refractivity contribution in [3.63, 3.8) is 0 Å². The van der Waals surface area contributed by atoms with Crippen LogP contribution in [0.3, 0.4) is 0 Å². The largest absolute Gasteiger partial charge is 0.479 e. The fourth-order valence-corrected chi connectivity index (χ4v) is 9.30. The van der Waals surface area contributed by atoms with Crippen LogP contribution in [0.1, 0.15) is 278 Å². The summed E-state index contributed by atoms with van der Waals surface area (Å²) in [5, 5.41) is 31.5. The van der Waals surface area contributed by atoms with Gasteiger partial charge in [-0.15, -0.1) is 0 Å². The topological polar surface area (TPSA) is 175 Å². The van der Waals surface area contributed by atoms with E-state index in [2.05, 4.69) is 81.5 Å². The van der Waals surface area contributed by atoms with Gasteiger partial charge in [-0.25, -0.2) is 4.79 Å². The van der Waals surface area contributed by atoms with Crippen LogP contribution < -0.4 is 0 Å². The lowest BCUT2D eigenvalue weighted by molar-refractivity contribution is -0.301. The number of ether oxygens (including phenoxy) is 5. The van der Waals surface area contributed by atoms with Crippen molar-refractivity contribution >= 4 is 23.9 Å². The molecule has 1 heterocycles. The molecule has 0 radical (unpaired) electrons. The van der Waals surface area contributed by atoms with Crippen LogP contribution in [0.4, 0.5) is 0 Å². The van der Waals surface area contributed by atoms with Crippen molar-refractivity contribution in [2.24, 2.45) is 0 Å². The molecule has 0 spiro atoms. The van der Waals surface area contributed by atoms with E-state index in [1.807, 2.05) is 0 Å². The standard InChI is InChI=1S/C65H112O12/c1-4-7-10-13-16-19-22-25-27-28-29-30-32-34-36-39-42-45-48-51-57(66)73-54-56(75-58(67)52-49-46-43-40-38-35-31-26-23-20-17-14-11-8-5-2)55-74-65-63(61(70)60(69)62(77-65)64(71)72)76-59(68)53-50-47-44-41-37-33-24-21-18-15-12-9-6-3/h8,11-12,15,17,20-21,24,26,31,56,60-63,65,69-70H,4-7,9-10,13-14,16,18-19,22-23,25,27-30,32-55H2,1-3H3,(H,71,72)/b11-8-,15-12-,20-17-,24-21-,31-26-. The summed E-state index contributed by atoms with van der Waals surface area (Å²) in [6.45, 7) is 5.82. The third-order valence-electron chi connectivity index (χ3n) is 14.1. The molecule has 1 aliphatic heterocycles. The Morgan fingerprint density at radius 3 is 1.30 bits per heavy atom. The number of carboxylic acid groups (broad SMARTS) is 1. The Labute approximate surface area is 468 Å². The minimum atomic E-state index is -1.91. The third-order valence-corrected chi connectivity index (χ3v) is 14.1. The number of aliphatic carboxylic acids is 1. The second kappa shape index (κ2) is 53.1. The summed E-state index contributed by atoms with van der Waals surface area (Å²) >= 11 is 0. The van der Waals surface area contributed by atoms with E-state index < -0.39 is 67.3 Å². The lowest BCUT2D eigenvalue weighted by Crippen LogP contribution is -2.61. The molecule has 0 aliphatic carbocycles. The van der Waals surface area contributed by atoms with Gasteiger partial charge in [0.25, 0.3) is 0 Å². The van der Waals surface area contributed by atoms with E-state index in [9.17, 15) is 34.5 Å². The van der Waals surface area contributed by atoms with E-state index in [0.717, 1.165) is 122 Å². The normalized spacial score (nSPS) is 18.4. The molecule has 1 saturated heterocycles. The number of hydrogen-bond acceptors (Lipinski definition) is 11. The zero-order chi connectivity index (χ0) is 56.1. The van der Waals surface area contributed by atoms with Crippen molar-refractivity contribution < 1.29 is 58.2 Å². The molecule has 0 amide bonds. The molecule has 0 aromatic rings. The Morgan fingerprint density at radius 2 is 0.844 bits per heavy atom. The van der Waals surface area contributed by atoms with Crippen LogP contribution >= 0.6 is 0 Å². The van der Waals surface area contributed by atoms with Gasteiger partial charge in [0.15, 0.2) is 24.6 Å². The van der Waals surface area contributed by atoms with Gasteiger partial charge in [-0.1, -0.05) is 242 Å². The molecule has 3 N–H and O–H groups in total. The number of aliphatic hydroxyl groups is 2. The van der Waals surface area contributed by atoms with E-state index in [1.165, 1.54) is 96.3 Å².